The molecule has 0 unspecified atom stereocenters. The molecule has 112 valence electrons. The highest BCUT2D eigenvalue weighted by atomic mass is 32.2. The molecule has 5 nitrogen and oxygen atoms in total. The van der Waals surface area contributed by atoms with E-state index in [4.69, 9.17) is 10.5 Å². The maximum Gasteiger partial charge on any atom is 0.243 e. The van der Waals surface area contributed by atoms with Crippen molar-refractivity contribution in [2.45, 2.75) is 30.7 Å². The van der Waals surface area contributed by atoms with E-state index in [1.165, 1.54) is 0 Å². The lowest BCUT2D eigenvalue weighted by atomic mass is 9.93. The Morgan fingerprint density at radius 2 is 2.00 bits per heavy atom. The zero-order valence-corrected chi connectivity index (χ0v) is 12.8. The Bertz CT molecular complexity index is 542. The van der Waals surface area contributed by atoms with E-state index in [0.717, 1.165) is 12.8 Å². The van der Waals surface area contributed by atoms with Gasteiger partial charge in [-0.1, -0.05) is 6.92 Å². The molecule has 1 saturated heterocycles. The van der Waals surface area contributed by atoms with E-state index >= 15 is 0 Å². The number of sulfonamides is 1. The van der Waals surface area contributed by atoms with Crippen LogP contribution in [0.25, 0.3) is 0 Å². The van der Waals surface area contributed by atoms with E-state index in [-0.39, 0.29) is 6.04 Å². The second-order valence-corrected chi connectivity index (χ2v) is 7.10. The number of piperidine rings is 1. The molecule has 2 N–H and O–H groups in total. The molecule has 0 amide bonds. The lowest BCUT2D eigenvalue weighted by Crippen LogP contribution is -2.51. The highest BCUT2D eigenvalue weighted by Gasteiger charge is 2.36. The predicted octanol–water partition coefficient (Wildman–Crippen LogP) is 1.44. The molecule has 1 aliphatic heterocycles. The van der Waals surface area contributed by atoms with E-state index in [0.29, 0.717) is 29.7 Å². The van der Waals surface area contributed by atoms with E-state index in [1.54, 1.807) is 35.7 Å². The smallest absolute Gasteiger partial charge is 0.243 e. The normalized spacial score (nSPS) is 24.6. The van der Waals surface area contributed by atoms with Crippen molar-refractivity contribution in [1.29, 1.82) is 0 Å². The van der Waals surface area contributed by atoms with Crippen LogP contribution in [-0.2, 0) is 10.0 Å². The molecule has 0 saturated carbocycles. The first-order valence-corrected chi connectivity index (χ1v) is 8.30. The molecule has 1 heterocycles. The number of nitrogens with two attached hydrogens (primary N) is 1. The average Bonchev–Trinajstić information content (AvgIpc) is 2.47. The summed E-state index contributed by atoms with van der Waals surface area (Å²) < 4.78 is 32.1. The van der Waals surface area contributed by atoms with Crippen LogP contribution in [0.2, 0.25) is 0 Å². The third-order valence-corrected chi connectivity index (χ3v) is 5.91. The monoisotopic (exact) mass is 298 g/mol. The lowest BCUT2D eigenvalue weighted by Gasteiger charge is -2.38. The van der Waals surface area contributed by atoms with Gasteiger partial charge in [-0.25, -0.2) is 8.42 Å². The van der Waals surface area contributed by atoms with E-state index in [2.05, 4.69) is 6.92 Å². The molecular formula is C14H22N2O3S. The van der Waals surface area contributed by atoms with Crippen LogP contribution >= 0.6 is 0 Å². The molecule has 0 aromatic heterocycles. The minimum absolute atomic E-state index is 0.115. The summed E-state index contributed by atoms with van der Waals surface area (Å²) in [4.78, 5) is 0.297. The van der Waals surface area contributed by atoms with Crippen LogP contribution in [0.15, 0.2) is 29.2 Å². The third-order valence-electron chi connectivity index (χ3n) is 3.97. The molecule has 1 aliphatic rings. The Balaban J connectivity index is 2.32. The van der Waals surface area contributed by atoms with Crippen molar-refractivity contribution in [1.82, 2.24) is 4.31 Å². The Kier molecular flexibility index (Phi) is 4.67. The van der Waals surface area contributed by atoms with Crippen molar-refractivity contribution in [2.24, 2.45) is 11.7 Å². The van der Waals surface area contributed by atoms with Crippen molar-refractivity contribution >= 4 is 10.0 Å². The zero-order chi connectivity index (χ0) is 14.8. The van der Waals surface area contributed by atoms with Crippen LogP contribution in [-0.4, -0.2) is 39.0 Å². The molecule has 1 aromatic rings. The maximum absolute atomic E-state index is 12.7. The van der Waals surface area contributed by atoms with E-state index in [1.807, 2.05) is 0 Å². The minimum Gasteiger partial charge on any atom is -0.497 e. The number of nitrogens with zero attached hydrogens (tertiary/aromatic N) is 1. The number of benzene rings is 1. The molecule has 1 fully saturated rings. The second-order valence-electron chi connectivity index (χ2n) is 5.21. The molecule has 20 heavy (non-hydrogen) atoms. The molecule has 0 bridgehead atoms. The molecule has 1 aromatic carbocycles. The Morgan fingerprint density at radius 3 is 2.55 bits per heavy atom. The number of ether oxygens (including phenoxy) is 1. The van der Waals surface area contributed by atoms with Gasteiger partial charge in [-0.2, -0.15) is 4.31 Å². The van der Waals surface area contributed by atoms with Crippen LogP contribution in [0.1, 0.15) is 19.8 Å². The second kappa shape index (κ2) is 6.11. The number of hydrogen-bond donors (Lipinski definition) is 1. The Hall–Kier alpha value is -1.11. The topological polar surface area (TPSA) is 72.6 Å². The summed E-state index contributed by atoms with van der Waals surface area (Å²) in [6.45, 7) is 2.96. The molecular weight excluding hydrogens is 276 g/mol. The third kappa shape index (κ3) is 2.82. The Morgan fingerprint density at radius 1 is 1.35 bits per heavy atom. The van der Waals surface area contributed by atoms with Gasteiger partial charge < -0.3 is 10.5 Å². The summed E-state index contributed by atoms with van der Waals surface area (Å²) in [5.74, 6) is 0.938. The summed E-state index contributed by atoms with van der Waals surface area (Å²) in [6, 6.07) is 6.38. The van der Waals surface area contributed by atoms with Gasteiger partial charge in [0.1, 0.15) is 5.75 Å². The lowest BCUT2D eigenvalue weighted by molar-refractivity contribution is 0.192. The predicted molar refractivity (Wildman–Crippen MR) is 78.1 cm³/mol. The molecule has 0 radical (unpaired) electrons. The highest BCUT2D eigenvalue weighted by Crippen LogP contribution is 2.29. The summed E-state index contributed by atoms with van der Waals surface area (Å²) >= 11 is 0. The first kappa shape index (κ1) is 15.3. The zero-order valence-electron chi connectivity index (χ0n) is 12.0. The number of hydrogen-bond acceptors (Lipinski definition) is 4. The molecule has 2 rings (SSSR count). The fourth-order valence-corrected chi connectivity index (χ4v) is 4.51. The summed E-state index contributed by atoms with van der Waals surface area (Å²) in [5, 5.41) is 0. The Labute approximate surface area is 120 Å². The molecule has 6 heteroatoms. The van der Waals surface area contributed by atoms with Gasteiger partial charge >= 0.3 is 0 Å². The average molecular weight is 298 g/mol. The van der Waals surface area contributed by atoms with Gasteiger partial charge in [0.2, 0.25) is 10.0 Å². The van der Waals surface area contributed by atoms with E-state index in [9.17, 15) is 8.42 Å². The van der Waals surface area contributed by atoms with Crippen molar-refractivity contribution in [3.05, 3.63) is 24.3 Å². The van der Waals surface area contributed by atoms with Gasteiger partial charge in [-0.15, -0.1) is 0 Å². The first-order chi connectivity index (χ1) is 9.50. The molecule has 2 atom stereocenters. The maximum atomic E-state index is 12.7. The van der Waals surface area contributed by atoms with Crippen molar-refractivity contribution in [2.75, 3.05) is 20.2 Å². The molecule has 0 aliphatic carbocycles. The summed E-state index contributed by atoms with van der Waals surface area (Å²) in [6.07, 6.45) is 1.91. The number of methoxy groups -OCH3 is 1. The standard InChI is InChI=1S/C14H22N2O3S/c1-11-4-3-9-16(14(11)10-15)20(17,18)13-7-5-12(19-2)6-8-13/h5-8,11,14H,3-4,9-10,15H2,1-2H3/t11-,14-/m0/s1. The van der Waals surface area contributed by atoms with Gasteiger partial charge in [0.05, 0.1) is 12.0 Å². The number of rotatable bonds is 4. The van der Waals surface area contributed by atoms with Gasteiger partial charge in [-0.05, 0) is 43.0 Å². The van der Waals surface area contributed by atoms with Crippen LogP contribution in [0.4, 0.5) is 0 Å². The highest BCUT2D eigenvalue weighted by molar-refractivity contribution is 7.89. The van der Waals surface area contributed by atoms with Crippen LogP contribution in [0.3, 0.4) is 0 Å². The van der Waals surface area contributed by atoms with E-state index < -0.39 is 10.0 Å². The summed E-state index contributed by atoms with van der Waals surface area (Å²) in [7, 11) is -1.93. The van der Waals surface area contributed by atoms with Crippen LogP contribution < -0.4 is 10.5 Å². The fraction of sp³-hybridized carbons (Fsp3) is 0.571. The van der Waals surface area contributed by atoms with Crippen LogP contribution in [0.5, 0.6) is 5.75 Å². The molecule has 0 spiro atoms. The largest absolute Gasteiger partial charge is 0.497 e. The van der Waals surface area contributed by atoms with Gasteiger partial charge in [-0.3, -0.25) is 0 Å². The van der Waals surface area contributed by atoms with Crippen molar-refractivity contribution in [3.63, 3.8) is 0 Å². The first-order valence-electron chi connectivity index (χ1n) is 6.86. The SMILES string of the molecule is COc1ccc(S(=O)(=O)N2CCC[C@H](C)[C@@H]2CN)cc1. The van der Waals surface area contributed by atoms with Gasteiger partial charge in [0.25, 0.3) is 0 Å². The van der Waals surface area contributed by atoms with Gasteiger partial charge in [0, 0.05) is 19.1 Å². The summed E-state index contributed by atoms with van der Waals surface area (Å²) in [5.41, 5.74) is 5.78. The van der Waals surface area contributed by atoms with Crippen molar-refractivity contribution < 1.29 is 13.2 Å². The van der Waals surface area contributed by atoms with Crippen molar-refractivity contribution in [3.8, 4) is 5.75 Å². The fourth-order valence-electron chi connectivity index (χ4n) is 2.74. The van der Waals surface area contributed by atoms with Gasteiger partial charge in [0.15, 0.2) is 0 Å². The minimum atomic E-state index is -3.48. The quantitative estimate of drug-likeness (QED) is 0.913. The van der Waals surface area contributed by atoms with Crippen LogP contribution in [0, 0.1) is 5.92 Å².